The second-order valence-corrected chi connectivity index (χ2v) is 7.37. The van der Waals surface area contributed by atoms with E-state index >= 15 is 0 Å². The lowest BCUT2D eigenvalue weighted by molar-refractivity contribution is 0.629. The third kappa shape index (κ3) is 3.34. The maximum Gasteiger partial charge on any atom is 0.149 e. The fourth-order valence-corrected chi connectivity index (χ4v) is 3.78. The zero-order valence-electron chi connectivity index (χ0n) is 16.8. The average Bonchev–Trinajstić information content (AvgIpc) is 3.20. The number of hydrogen-bond donors (Lipinski definition) is 1. The molecule has 0 atom stereocenters. The smallest absolute Gasteiger partial charge is 0.149 e. The lowest BCUT2D eigenvalue weighted by Crippen LogP contribution is -2.01. The van der Waals surface area contributed by atoms with Gasteiger partial charge in [-0.05, 0) is 75.2 Å². The average molecular weight is 384 g/mol. The summed E-state index contributed by atoms with van der Waals surface area (Å²) in [5, 5.41) is 9.72. The van der Waals surface area contributed by atoms with Gasteiger partial charge < -0.3 is 9.55 Å². The third-order valence-electron chi connectivity index (χ3n) is 5.18. The maximum atomic E-state index is 13.5. The topological polar surface area (TPSA) is 57.4 Å². The Morgan fingerprint density at radius 3 is 2.62 bits per heavy atom. The number of rotatable bonds is 3. The van der Waals surface area contributed by atoms with Crippen molar-refractivity contribution in [2.24, 2.45) is 0 Å². The number of hydrogen-bond acceptors (Lipinski definition) is 2. The molecule has 0 aliphatic heterocycles. The predicted molar refractivity (Wildman–Crippen MR) is 114 cm³/mol. The molecule has 4 nitrogen and oxygen atoms in total. The van der Waals surface area contributed by atoms with Crippen molar-refractivity contribution in [1.82, 2.24) is 14.5 Å². The quantitative estimate of drug-likeness (QED) is 0.455. The number of H-pyrrole nitrogens is 1. The summed E-state index contributed by atoms with van der Waals surface area (Å²) < 4.78 is 15.7. The Labute approximate surface area is 168 Å². The highest BCUT2D eigenvalue weighted by atomic mass is 19.1. The van der Waals surface area contributed by atoms with Crippen molar-refractivity contribution < 1.29 is 4.39 Å². The number of nitrogens with zero attached hydrogens (tertiary/aromatic N) is 3. The molecule has 0 aliphatic carbocycles. The molecule has 0 spiro atoms. The second-order valence-electron chi connectivity index (χ2n) is 7.37. The Morgan fingerprint density at radius 2 is 1.90 bits per heavy atom. The molecule has 0 fully saturated rings. The van der Waals surface area contributed by atoms with E-state index < -0.39 is 0 Å². The van der Waals surface area contributed by atoms with Gasteiger partial charge in [0.15, 0.2) is 0 Å². The van der Waals surface area contributed by atoms with Gasteiger partial charge in [0.1, 0.15) is 17.7 Å². The van der Waals surface area contributed by atoms with Crippen molar-refractivity contribution in [2.75, 3.05) is 0 Å². The van der Waals surface area contributed by atoms with Gasteiger partial charge in [0.25, 0.3) is 0 Å². The second kappa shape index (κ2) is 7.06. The van der Waals surface area contributed by atoms with E-state index in [0.717, 1.165) is 22.6 Å². The predicted octanol–water partition coefficient (Wildman–Crippen LogP) is 5.79. The zero-order valence-corrected chi connectivity index (χ0v) is 16.8. The van der Waals surface area contributed by atoms with Crippen LogP contribution in [-0.4, -0.2) is 14.5 Å². The van der Waals surface area contributed by atoms with E-state index in [1.54, 1.807) is 6.07 Å². The summed E-state index contributed by atoms with van der Waals surface area (Å²) in [6, 6.07) is 15.0. The molecule has 29 heavy (non-hydrogen) atoms. The SMILES string of the molecule is Cc1ccc(-n2c(C)cc(/C=C(/C#N)c3nc4ccc(F)cc4[nH]3)c2C)c(C)c1. The molecule has 1 N–H and O–H groups in total. The van der Waals surface area contributed by atoms with Gasteiger partial charge >= 0.3 is 0 Å². The first-order valence-corrected chi connectivity index (χ1v) is 9.41. The zero-order chi connectivity index (χ0) is 20.7. The largest absolute Gasteiger partial charge is 0.337 e. The minimum Gasteiger partial charge on any atom is -0.337 e. The summed E-state index contributed by atoms with van der Waals surface area (Å²) in [6.45, 7) is 8.28. The van der Waals surface area contributed by atoms with Gasteiger partial charge in [-0.25, -0.2) is 9.37 Å². The molecule has 0 radical (unpaired) electrons. The molecule has 5 heteroatoms. The maximum absolute atomic E-state index is 13.5. The number of allylic oxidation sites excluding steroid dienone is 1. The molecule has 2 aromatic carbocycles. The molecular weight excluding hydrogens is 363 g/mol. The first kappa shape index (κ1) is 18.7. The summed E-state index contributed by atoms with van der Waals surface area (Å²) >= 11 is 0. The lowest BCUT2D eigenvalue weighted by atomic mass is 10.1. The highest BCUT2D eigenvalue weighted by Crippen LogP contribution is 2.27. The Balaban J connectivity index is 1.81. The molecule has 0 amide bonds. The van der Waals surface area contributed by atoms with Crippen LogP contribution in [0.5, 0.6) is 0 Å². The van der Waals surface area contributed by atoms with E-state index in [2.05, 4.69) is 65.6 Å². The molecule has 0 saturated heterocycles. The number of nitriles is 1. The lowest BCUT2D eigenvalue weighted by Gasteiger charge is -2.13. The molecule has 0 unspecified atom stereocenters. The summed E-state index contributed by atoms with van der Waals surface area (Å²) in [4.78, 5) is 7.49. The number of nitrogens with one attached hydrogen (secondary N) is 1. The van der Waals surface area contributed by atoms with Gasteiger partial charge in [0.05, 0.1) is 16.6 Å². The Hall–Kier alpha value is -3.65. The van der Waals surface area contributed by atoms with Gasteiger partial charge in [-0.3, -0.25) is 0 Å². The van der Waals surface area contributed by atoms with Crippen LogP contribution in [0.1, 0.15) is 33.9 Å². The molecule has 2 heterocycles. The van der Waals surface area contributed by atoms with Crippen molar-refractivity contribution in [2.45, 2.75) is 27.7 Å². The van der Waals surface area contributed by atoms with Crippen molar-refractivity contribution in [3.63, 3.8) is 0 Å². The van der Waals surface area contributed by atoms with Gasteiger partial charge in [-0.2, -0.15) is 5.26 Å². The van der Waals surface area contributed by atoms with Crippen LogP contribution in [0, 0.1) is 44.8 Å². The monoisotopic (exact) mass is 384 g/mol. The van der Waals surface area contributed by atoms with Crippen LogP contribution in [0.25, 0.3) is 28.4 Å². The minimum absolute atomic E-state index is 0.341. The van der Waals surface area contributed by atoms with Crippen LogP contribution >= 0.6 is 0 Å². The van der Waals surface area contributed by atoms with E-state index in [4.69, 9.17) is 0 Å². The molecule has 144 valence electrons. The molecule has 0 bridgehead atoms. The van der Waals surface area contributed by atoms with Gasteiger partial charge in [-0.15, -0.1) is 0 Å². The van der Waals surface area contributed by atoms with Crippen LogP contribution in [0.3, 0.4) is 0 Å². The number of benzene rings is 2. The number of halogens is 1. The number of aromatic amines is 1. The summed E-state index contributed by atoms with van der Waals surface area (Å²) in [5.74, 6) is 0.0941. The molecule has 4 rings (SSSR count). The van der Waals surface area contributed by atoms with E-state index in [9.17, 15) is 9.65 Å². The van der Waals surface area contributed by atoms with Crippen LogP contribution in [-0.2, 0) is 0 Å². The molecular formula is C24H21FN4. The number of fused-ring (bicyclic) bond motifs is 1. The van der Waals surface area contributed by atoms with E-state index in [0.29, 0.717) is 22.4 Å². The fourth-order valence-electron chi connectivity index (χ4n) is 3.78. The van der Waals surface area contributed by atoms with Crippen molar-refractivity contribution in [1.29, 1.82) is 5.26 Å². The molecule has 2 aromatic heterocycles. The van der Waals surface area contributed by atoms with E-state index in [-0.39, 0.29) is 5.82 Å². The normalized spacial score (nSPS) is 11.8. The first-order valence-electron chi connectivity index (χ1n) is 9.41. The van der Waals surface area contributed by atoms with Gasteiger partial charge in [0.2, 0.25) is 0 Å². The van der Waals surface area contributed by atoms with E-state index in [1.807, 2.05) is 13.0 Å². The third-order valence-corrected chi connectivity index (χ3v) is 5.18. The molecule has 0 saturated carbocycles. The summed E-state index contributed by atoms with van der Waals surface area (Å²) in [5.41, 5.74) is 8.24. The Morgan fingerprint density at radius 1 is 1.10 bits per heavy atom. The van der Waals surface area contributed by atoms with Crippen LogP contribution < -0.4 is 0 Å². The first-order chi connectivity index (χ1) is 13.9. The molecule has 0 aliphatic rings. The van der Waals surface area contributed by atoms with Gasteiger partial charge in [0, 0.05) is 17.1 Å². The van der Waals surface area contributed by atoms with Crippen LogP contribution in [0.15, 0.2) is 42.5 Å². The minimum atomic E-state index is -0.341. The summed E-state index contributed by atoms with van der Waals surface area (Å²) in [7, 11) is 0. The summed E-state index contributed by atoms with van der Waals surface area (Å²) in [6.07, 6.45) is 1.83. The van der Waals surface area contributed by atoms with Crippen molar-refractivity contribution in [3.05, 3.63) is 82.2 Å². The molecule has 4 aromatic rings. The highest BCUT2D eigenvalue weighted by molar-refractivity contribution is 5.90. The standard InChI is InChI=1S/C24H21FN4/c1-14-5-8-23(15(2)9-14)29-16(3)10-18(17(29)4)11-19(13-26)24-27-21-7-6-20(25)12-22(21)28-24/h5-12H,1-4H3,(H,27,28)/b19-11-. The van der Waals surface area contributed by atoms with E-state index in [1.165, 1.54) is 23.3 Å². The highest BCUT2D eigenvalue weighted by Gasteiger charge is 2.14. The van der Waals surface area contributed by atoms with Crippen LogP contribution in [0.2, 0.25) is 0 Å². The van der Waals surface area contributed by atoms with Crippen LogP contribution in [0.4, 0.5) is 4.39 Å². The Kier molecular flexibility index (Phi) is 4.56. The number of aromatic nitrogens is 3. The van der Waals surface area contributed by atoms with Crippen molar-refractivity contribution >= 4 is 22.7 Å². The van der Waals surface area contributed by atoms with Gasteiger partial charge in [-0.1, -0.05) is 17.7 Å². The Bertz CT molecular complexity index is 1310. The number of imidazole rings is 1. The van der Waals surface area contributed by atoms with Crippen molar-refractivity contribution in [3.8, 4) is 11.8 Å². The fraction of sp³-hybridized carbons (Fsp3) is 0.167. The number of aryl methyl sites for hydroxylation is 3.